The summed E-state index contributed by atoms with van der Waals surface area (Å²) in [5, 5.41) is 9.85. The van der Waals surface area contributed by atoms with Crippen molar-refractivity contribution in [2.75, 3.05) is 5.75 Å². The lowest BCUT2D eigenvalue weighted by Crippen LogP contribution is -2.28. The highest BCUT2D eigenvalue weighted by Gasteiger charge is 2.34. The summed E-state index contributed by atoms with van der Waals surface area (Å²) in [7, 11) is 0. The molecular weight excluding hydrogens is 232 g/mol. The van der Waals surface area contributed by atoms with Crippen molar-refractivity contribution in [1.82, 2.24) is 0 Å². The zero-order valence-corrected chi connectivity index (χ0v) is 10.2. The van der Waals surface area contributed by atoms with Crippen LogP contribution in [0.2, 0.25) is 5.02 Å². The Kier molecular flexibility index (Phi) is 4.05. The second-order valence-electron chi connectivity index (χ2n) is 3.28. The Bertz CT molecular complexity index is 350. The quantitative estimate of drug-likeness (QED) is 0.882. The van der Waals surface area contributed by atoms with Crippen LogP contribution in [0.15, 0.2) is 24.3 Å². The number of carbonyl (C=O) groups is 1. The molecule has 1 aromatic rings. The number of halogens is 1. The maximum absolute atomic E-state index is 11.2. The van der Waals surface area contributed by atoms with Crippen molar-refractivity contribution in [3.8, 4) is 0 Å². The van der Waals surface area contributed by atoms with E-state index in [9.17, 15) is 9.90 Å². The van der Waals surface area contributed by atoms with Crippen LogP contribution < -0.4 is 0 Å². The van der Waals surface area contributed by atoms with E-state index in [4.69, 9.17) is 11.6 Å². The van der Waals surface area contributed by atoms with Crippen LogP contribution in [0.1, 0.15) is 19.4 Å². The first-order valence-electron chi connectivity index (χ1n) is 4.64. The average molecular weight is 245 g/mol. The molecule has 1 rings (SSSR count). The molecule has 0 aromatic heterocycles. The van der Waals surface area contributed by atoms with Crippen LogP contribution in [-0.2, 0) is 9.54 Å². The zero-order chi connectivity index (χ0) is 11.5. The molecule has 0 saturated heterocycles. The Balaban J connectivity index is 3.09. The maximum atomic E-state index is 11.2. The number of carboxylic acid groups (broad SMARTS) is 1. The molecule has 4 heteroatoms. The van der Waals surface area contributed by atoms with Crippen molar-refractivity contribution in [2.24, 2.45) is 0 Å². The maximum Gasteiger partial charge on any atom is 0.324 e. The van der Waals surface area contributed by atoms with Gasteiger partial charge in [0.15, 0.2) is 0 Å². The third kappa shape index (κ3) is 2.67. The Morgan fingerprint density at radius 1 is 1.47 bits per heavy atom. The van der Waals surface area contributed by atoms with E-state index in [2.05, 4.69) is 0 Å². The van der Waals surface area contributed by atoms with Gasteiger partial charge in [-0.15, -0.1) is 11.8 Å². The Labute approximate surface area is 98.6 Å². The highest BCUT2D eigenvalue weighted by Crippen LogP contribution is 2.36. The lowest BCUT2D eigenvalue weighted by molar-refractivity contribution is -0.139. The second kappa shape index (κ2) is 4.90. The standard InChI is InChI=1S/C11H13ClO2S/c1-3-15-11(2,10(13)14)8-4-6-9(12)7-5-8/h4-7H,3H2,1-2H3,(H,13,14). The topological polar surface area (TPSA) is 37.3 Å². The number of carboxylic acids is 1. The molecular formula is C11H13ClO2S. The molecule has 15 heavy (non-hydrogen) atoms. The molecule has 0 radical (unpaired) electrons. The molecule has 0 amide bonds. The molecule has 0 bridgehead atoms. The summed E-state index contributed by atoms with van der Waals surface area (Å²) in [5.74, 6) is -0.0671. The van der Waals surface area contributed by atoms with E-state index in [1.165, 1.54) is 11.8 Å². The average Bonchev–Trinajstić information content (AvgIpc) is 2.18. The van der Waals surface area contributed by atoms with E-state index in [1.807, 2.05) is 6.92 Å². The minimum absolute atomic E-state index is 0.619. The predicted octanol–water partition coefficient (Wildman–Crippen LogP) is 3.39. The van der Waals surface area contributed by atoms with Gasteiger partial charge < -0.3 is 5.11 Å². The molecule has 0 aliphatic rings. The van der Waals surface area contributed by atoms with Crippen LogP contribution in [0, 0.1) is 0 Å². The van der Waals surface area contributed by atoms with Gasteiger partial charge in [-0.2, -0.15) is 0 Å². The largest absolute Gasteiger partial charge is 0.480 e. The first kappa shape index (κ1) is 12.4. The molecule has 1 aromatic carbocycles. The molecule has 0 heterocycles. The summed E-state index contributed by atoms with van der Waals surface area (Å²) < 4.78 is -0.890. The van der Waals surface area contributed by atoms with Gasteiger partial charge in [0.25, 0.3) is 0 Å². The summed E-state index contributed by atoms with van der Waals surface area (Å²) in [5.41, 5.74) is 0.770. The van der Waals surface area contributed by atoms with Crippen molar-refractivity contribution >= 4 is 29.3 Å². The molecule has 1 atom stereocenters. The Hall–Kier alpha value is -0.670. The SMILES string of the molecule is CCSC(C)(C(=O)O)c1ccc(Cl)cc1. The fourth-order valence-corrected chi connectivity index (χ4v) is 2.45. The molecule has 0 aliphatic heterocycles. The van der Waals surface area contributed by atoms with Crippen LogP contribution in [0.4, 0.5) is 0 Å². The van der Waals surface area contributed by atoms with Crippen molar-refractivity contribution in [2.45, 2.75) is 18.6 Å². The number of aliphatic carboxylic acids is 1. The summed E-state index contributed by atoms with van der Waals surface area (Å²) in [6, 6.07) is 6.96. The molecule has 1 N–H and O–H groups in total. The third-order valence-corrected chi connectivity index (χ3v) is 3.76. The van der Waals surface area contributed by atoms with E-state index >= 15 is 0 Å². The van der Waals surface area contributed by atoms with E-state index < -0.39 is 10.7 Å². The fraction of sp³-hybridized carbons (Fsp3) is 0.364. The summed E-state index contributed by atoms with van der Waals surface area (Å²) in [6.45, 7) is 3.66. The summed E-state index contributed by atoms with van der Waals surface area (Å²) in [6.07, 6.45) is 0. The number of benzene rings is 1. The molecule has 1 unspecified atom stereocenters. The summed E-state index contributed by atoms with van der Waals surface area (Å²) in [4.78, 5) is 11.2. The normalized spacial score (nSPS) is 14.6. The fourth-order valence-electron chi connectivity index (χ4n) is 1.33. The van der Waals surface area contributed by atoms with Crippen molar-refractivity contribution in [1.29, 1.82) is 0 Å². The molecule has 2 nitrogen and oxygen atoms in total. The monoisotopic (exact) mass is 244 g/mol. The highest BCUT2D eigenvalue weighted by molar-refractivity contribution is 8.00. The lowest BCUT2D eigenvalue weighted by Gasteiger charge is -2.24. The minimum Gasteiger partial charge on any atom is -0.480 e. The number of hydrogen-bond donors (Lipinski definition) is 1. The predicted molar refractivity (Wildman–Crippen MR) is 64.6 cm³/mol. The van der Waals surface area contributed by atoms with Crippen molar-refractivity contribution in [3.05, 3.63) is 34.9 Å². The van der Waals surface area contributed by atoms with Gasteiger partial charge in [0.2, 0.25) is 0 Å². The first-order valence-corrected chi connectivity index (χ1v) is 6.00. The second-order valence-corrected chi connectivity index (χ2v) is 5.40. The highest BCUT2D eigenvalue weighted by atomic mass is 35.5. The van der Waals surface area contributed by atoms with E-state index in [0.29, 0.717) is 5.02 Å². The van der Waals surface area contributed by atoms with Crippen LogP contribution in [0.5, 0.6) is 0 Å². The number of rotatable bonds is 4. The van der Waals surface area contributed by atoms with Crippen molar-refractivity contribution in [3.63, 3.8) is 0 Å². The van der Waals surface area contributed by atoms with E-state index in [-0.39, 0.29) is 0 Å². The molecule has 82 valence electrons. The van der Waals surface area contributed by atoms with Gasteiger partial charge >= 0.3 is 5.97 Å². The Morgan fingerprint density at radius 3 is 2.40 bits per heavy atom. The van der Waals surface area contributed by atoms with Crippen LogP contribution in [0.25, 0.3) is 0 Å². The van der Waals surface area contributed by atoms with Crippen molar-refractivity contribution < 1.29 is 9.90 Å². The first-order chi connectivity index (χ1) is 7.00. The van der Waals surface area contributed by atoms with Crippen LogP contribution in [-0.4, -0.2) is 16.8 Å². The molecule has 0 spiro atoms. The number of thioether (sulfide) groups is 1. The lowest BCUT2D eigenvalue weighted by atomic mass is 10.0. The minimum atomic E-state index is -0.890. The molecule has 0 fully saturated rings. The van der Waals surface area contributed by atoms with Gasteiger partial charge in [-0.25, -0.2) is 0 Å². The van der Waals surface area contributed by atoms with Gasteiger partial charge in [0, 0.05) is 5.02 Å². The van der Waals surface area contributed by atoms with E-state index in [1.54, 1.807) is 31.2 Å². The van der Waals surface area contributed by atoms with Gasteiger partial charge in [-0.1, -0.05) is 30.7 Å². The van der Waals surface area contributed by atoms with Gasteiger partial charge in [-0.3, -0.25) is 4.79 Å². The summed E-state index contributed by atoms with van der Waals surface area (Å²) >= 11 is 7.17. The molecule has 0 saturated carbocycles. The zero-order valence-electron chi connectivity index (χ0n) is 8.66. The smallest absolute Gasteiger partial charge is 0.324 e. The molecule has 0 aliphatic carbocycles. The van der Waals surface area contributed by atoms with Crippen LogP contribution in [0.3, 0.4) is 0 Å². The van der Waals surface area contributed by atoms with Gasteiger partial charge in [0.1, 0.15) is 4.75 Å². The Morgan fingerprint density at radius 2 is 2.00 bits per heavy atom. The number of hydrogen-bond acceptors (Lipinski definition) is 2. The van der Waals surface area contributed by atoms with Gasteiger partial charge in [-0.05, 0) is 30.4 Å². The third-order valence-electron chi connectivity index (χ3n) is 2.24. The van der Waals surface area contributed by atoms with Gasteiger partial charge in [0.05, 0.1) is 0 Å². The van der Waals surface area contributed by atoms with E-state index in [0.717, 1.165) is 11.3 Å². The van der Waals surface area contributed by atoms with Crippen LogP contribution >= 0.6 is 23.4 Å².